The number of hydrogen-bond donors (Lipinski definition) is 0. The van der Waals surface area contributed by atoms with Crippen molar-refractivity contribution in [1.82, 2.24) is 9.97 Å². The summed E-state index contributed by atoms with van der Waals surface area (Å²) < 4.78 is 19.8. The van der Waals surface area contributed by atoms with Crippen molar-refractivity contribution in [1.29, 1.82) is 0 Å². The monoisotopic (exact) mass is 546 g/mol. The molecule has 0 saturated carbocycles. The average molecular weight is 547 g/mol. The number of alkyl halides is 1. The number of rotatable bonds is 21. The van der Waals surface area contributed by atoms with Crippen LogP contribution in [0.5, 0.6) is 5.75 Å². The standard InChI is InChI=1S/C36H51FN2O/c1-3-5-7-9-10-11-12-14-15-17-30-19-21-32(22-20-30)36-38-27-33(28-39-36)31-23-25-35(26-24-31)40-29-34(37)18-16-13-8-6-4-2/h19-28,34H,3-18,29H2,1-2H3. The van der Waals surface area contributed by atoms with E-state index in [9.17, 15) is 4.39 Å². The Morgan fingerprint density at radius 2 is 1.12 bits per heavy atom. The fraction of sp³-hybridized carbons (Fsp3) is 0.556. The van der Waals surface area contributed by atoms with E-state index in [-0.39, 0.29) is 6.61 Å². The highest BCUT2D eigenvalue weighted by molar-refractivity contribution is 5.64. The summed E-state index contributed by atoms with van der Waals surface area (Å²) >= 11 is 0. The first kappa shape index (κ1) is 31.8. The molecular weight excluding hydrogens is 495 g/mol. The molecule has 3 rings (SSSR count). The molecule has 0 aliphatic rings. The molecule has 0 fully saturated rings. The number of ether oxygens (including phenoxy) is 1. The van der Waals surface area contributed by atoms with E-state index in [1.165, 1.54) is 82.6 Å². The van der Waals surface area contributed by atoms with Crippen molar-refractivity contribution < 1.29 is 9.13 Å². The van der Waals surface area contributed by atoms with Crippen molar-refractivity contribution in [2.24, 2.45) is 0 Å². The van der Waals surface area contributed by atoms with Gasteiger partial charge < -0.3 is 4.74 Å². The van der Waals surface area contributed by atoms with Crippen LogP contribution in [0.2, 0.25) is 0 Å². The van der Waals surface area contributed by atoms with Gasteiger partial charge in [0, 0.05) is 23.5 Å². The maximum absolute atomic E-state index is 14.1. The highest BCUT2D eigenvalue weighted by atomic mass is 19.1. The van der Waals surface area contributed by atoms with Gasteiger partial charge in [-0.2, -0.15) is 0 Å². The van der Waals surface area contributed by atoms with Crippen LogP contribution in [0.3, 0.4) is 0 Å². The normalized spacial score (nSPS) is 12.0. The topological polar surface area (TPSA) is 35.0 Å². The molecule has 0 radical (unpaired) electrons. The van der Waals surface area contributed by atoms with Crippen molar-refractivity contribution in [3.8, 4) is 28.3 Å². The van der Waals surface area contributed by atoms with Crippen molar-refractivity contribution in [3.05, 3.63) is 66.5 Å². The molecule has 3 nitrogen and oxygen atoms in total. The first-order valence-corrected chi connectivity index (χ1v) is 16.0. The van der Waals surface area contributed by atoms with Crippen LogP contribution < -0.4 is 4.74 Å². The zero-order valence-electron chi connectivity index (χ0n) is 25.1. The lowest BCUT2D eigenvalue weighted by molar-refractivity contribution is 0.184. The Bertz CT molecular complexity index is 1030. The van der Waals surface area contributed by atoms with E-state index in [1.807, 2.05) is 36.7 Å². The molecule has 0 N–H and O–H groups in total. The van der Waals surface area contributed by atoms with Gasteiger partial charge in [-0.1, -0.05) is 134 Å². The van der Waals surface area contributed by atoms with Crippen molar-refractivity contribution in [2.75, 3.05) is 6.61 Å². The van der Waals surface area contributed by atoms with E-state index in [2.05, 4.69) is 48.1 Å². The maximum atomic E-state index is 14.1. The number of hydrogen-bond acceptors (Lipinski definition) is 3. The lowest BCUT2D eigenvalue weighted by atomic mass is 10.0. The third-order valence-electron chi connectivity index (χ3n) is 7.67. The molecule has 0 bridgehead atoms. The third kappa shape index (κ3) is 12.2. The van der Waals surface area contributed by atoms with Crippen LogP contribution in [0, 0.1) is 0 Å². The second-order valence-corrected chi connectivity index (χ2v) is 11.2. The summed E-state index contributed by atoms with van der Waals surface area (Å²) in [5.41, 5.74) is 4.39. The van der Waals surface area contributed by atoms with E-state index < -0.39 is 6.17 Å². The maximum Gasteiger partial charge on any atom is 0.159 e. The van der Waals surface area contributed by atoms with Gasteiger partial charge >= 0.3 is 0 Å². The number of aromatic nitrogens is 2. The Hall–Kier alpha value is -2.75. The second kappa shape index (κ2) is 19.3. The summed E-state index contributed by atoms with van der Waals surface area (Å²) in [5.74, 6) is 1.43. The van der Waals surface area contributed by atoms with Gasteiger partial charge in [0.15, 0.2) is 5.82 Å². The molecule has 0 aliphatic carbocycles. The summed E-state index contributed by atoms with van der Waals surface area (Å²) in [7, 11) is 0. The highest BCUT2D eigenvalue weighted by Gasteiger charge is 2.08. The lowest BCUT2D eigenvalue weighted by Gasteiger charge is -2.11. The van der Waals surface area contributed by atoms with Crippen LogP contribution in [0.1, 0.15) is 116 Å². The summed E-state index contributed by atoms with van der Waals surface area (Å²) in [4.78, 5) is 9.23. The zero-order chi connectivity index (χ0) is 28.3. The quantitative estimate of drug-likeness (QED) is 0.125. The SMILES string of the molecule is CCCCCCCCCCCc1ccc(-c2ncc(-c3ccc(OCC(F)CCCCCCC)cc3)cn2)cc1. The van der Waals surface area contributed by atoms with Crippen LogP contribution in [0.4, 0.5) is 4.39 Å². The van der Waals surface area contributed by atoms with Crippen LogP contribution in [-0.2, 0) is 6.42 Å². The van der Waals surface area contributed by atoms with Gasteiger partial charge in [0.1, 0.15) is 18.5 Å². The first-order chi connectivity index (χ1) is 19.7. The summed E-state index contributed by atoms with van der Waals surface area (Å²) in [6.07, 6.45) is 22.5. The molecule has 1 unspecified atom stereocenters. The van der Waals surface area contributed by atoms with Crippen LogP contribution >= 0.6 is 0 Å². The van der Waals surface area contributed by atoms with Gasteiger partial charge in [-0.3, -0.25) is 0 Å². The average Bonchev–Trinajstić information content (AvgIpc) is 3.00. The van der Waals surface area contributed by atoms with Gasteiger partial charge in [-0.15, -0.1) is 0 Å². The third-order valence-corrected chi connectivity index (χ3v) is 7.67. The Labute approximate surface area is 243 Å². The Morgan fingerprint density at radius 3 is 1.73 bits per heavy atom. The highest BCUT2D eigenvalue weighted by Crippen LogP contribution is 2.24. The molecule has 40 heavy (non-hydrogen) atoms. The number of unbranched alkanes of at least 4 members (excludes halogenated alkanes) is 12. The molecule has 218 valence electrons. The minimum Gasteiger partial charge on any atom is -0.491 e. The van der Waals surface area contributed by atoms with Crippen LogP contribution in [0.15, 0.2) is 60.9 Å². The smallest absolute Gasteiger partial charge is 0.159 e. The largest absolute Gasteiger partial charge is 0.491 e. The number of benzene rings is 2. The van der Waals surface area contributed by atoms with Crippen molar-refractivity contribution in [2.45, 2.75) is 123 Å². The fourth-order valence-electron chi connectivity index (χ4n) is 5.07. The van der Waals surface area contributed by atoms with Crippen molar-refractivity contribution in [3.63, 3.8) is 0 Å². The molecule has 1 atom stereocenters. The van der Waals surface area contributed by atoms with Gasteiger partial charge in [-0.25, -0.2) is 14.4 Å². The molecule has 4 heteroatoms. The molecular formula is C36H51FN2O. The summed E-state index contributed by atoms with van der Waals surface area (Å²) in [6.45, 7) is 4.58. The van der Waals surface area contributed by atoms with Gasteiger partial charge in [0.25, 0.3) is 0 Å². The predicted molar refractivity (Wildman–Crippen MR) is 168 cm³/mol. The summed E-state index contributed by atoms with van der Waals surface area (Å²) in [5, 5.41) is 0. The van der Waals surface area contributed by atoms with Crippen LogP contribution in [-0.4, -0.2) is 22.7 Å². The van der Waals surface area contributed by atoms with E-state index in [1.54, 1.807) is 0 Å². The molecule has 1 heterocycles. The molecule has 1 aromatic heterocycles. The lowest BCUT2D eigenvalue weighted by Crippen LogP contribution is -2.12. The first-order valence-electron chi connectivity index (χ1n) is 16.0. The molecule has 3 aromatic rings. The van der Waals surface area contributed by atoms with Gasteiger partial charge in [0.2, 0.25) is 0 Å². The van der Waals surface area contributed by atoms with E-state index in [4.69, 9.17) is 4.74 Å². The minimum absolute atomic E-state index is 0.114. The van der Waals surface area contributed by atoms with Crippen molar-refractivity contribution >= 4 is 0 Å². The van der Waals surface area contributed by atoms with E-state index in [0.29, 0.717) is 12.2 Å². The Balaban J connectivity index is 1.38. The van der Waals surface area contributed by atoms with E-state index >= 15 is 0 Å². The van der Waals surface area contributed by atoms with Crippen LogP contribution in [0.25, 0.3) is 22.5 Å². The number of halogens is 1. The van der Waals surface area contributed by atoms with Gasteiger partial charge in [-0.05, 0) is 42.5 Å². The fourth-order valence-corrected chi connectivity index (χ4v) is 5.07. The Morgan fingerprint density at radius 1 is 0.600 bits per heavy atom. The predicted octanol–water partition coefficient (Wildman–Crippen LogP) is 11.0. The molecule has 0 saturated heterocycles. The Kier molecular flexibility index (Phi) is 15.4. The second-order valence-electron chi connectivity index (χ2n) is 11.2. The number of nitrogens with zero attached hydrogens (tertiary/aromatic N) is 2. The molecule has 0 aliphatic heterocycles. The minimum atomic E-state index is -0.911. The van der Waals surface area contributed by atoms with Gasteiger partial charge in [0.05, 0.1) is 0 Å². The zero-order valence-corrected chi connectivity index (χ0v) is 25.1. The number of aryl methyl sites for hydroxylation is 1. The molecule has 0 spiro atoms. The van der Waals surface area contributed by atoms with E-state index in [0.717, 1.165) is 41.8 Å². The molecule has 0 amide bonds. The molecule has 2 aromatic carbocycles. The summed E-state index contributed by atoms with van der Waals surface area (Å²) in [6, 6.07) is 16.4.